The fourth-order valence-corrected chi connectivity index (χ4v) is 2.43. The van der Waals surface area contributed by atoms with Crippen molar-refractivity contribution < 1.29 is 9.90 Å². The van der Waals surface area contributed by atoms with E-state index in [2.05, 4.69) is 30.6 Å². The fourth-order valence-electron chi connectivity index (χ4n) is 1.84. The van der Waals surface area contributed by atoms with Crippen LogP contribution in [0.1, 0.15) is 18.1 Å². The average molecular weight is 282 g/mol. The van der Waals surface area contributed by atoms with Crippen LogP contribution in [0.5, 0.6) is 0 Å². The third-order valence-corrected chi connectivity index (χ3v) is 3.69. The number of nitrogens with zero attached hydrogens (tertiary/aromatic N) is 1. The van der Waals surface area contributed by atoms with Gasteiger partial charge in [-0.25, -0.2) is 4.79 Å². The number of amides is 2. The van der Waals surface area contributed by atoms with Crippen LogP contribution >= 0.6 is 11.8 Å². The summed E-state index contributed by atoms with van der Waals surface area (Å²) >= 11 is 1.72. The van der Waals surface area contributed by atoms with Crippen molar-refractivity contribution in [3.05, 3.63) is 29.3 Å². The Hall–Kier alpha value is -1.20. The first kappa shape index (κ1) is 15.9. The van der Waals surface area contributed by atoms with Crippen LogP contribution in [0.15, 0.2) is 23.1 Å². The molecule has 2 N–H and O–H groups in total. The summed E-state index contributed by atoms with van der Waals surface area (Å²) in [4.78, 5) is 14.5. The molecule has 106 valence electrons. The van der Waals surface area contributed by atoms with E-state index in [1.165, 1.54) is 15.4 Å². The predicted octanol–water partition coefficient (Wildman–Crippen LogP) is 2.24. The van der Waals surface area contributed by atoms with E-state index in [1.807, 2.05) is 6.07 Å². The van der Waals surface area contributed by atoms with Crippen LogP contribution in [0.3, 0.4) is 0 Å². The Balaban J connectivity index is 2.52. The summed E-state index contributed by atoms with van der Waals surface area (Å²) in [6, 6.07) is 6.00. The molecule has 1 aromatic carbocycles. The van der Waals surface area contributed by atoms with Crippen molar-refractivity contribution in [1.29, 1.82) is 0 Å². The molecule has 0 aliphatic carbocycles. The Labute approximate surface area is 119 Å². The van der Waals surface area contributed by atoms with Crippen molar-refractivity contribution >= 4 is 17.8 Å². The van der Waals surface area contributed by atoms with Crippen LogP contribution in [-0.2, 0) is 6.54 Å². The SMILES string of the molecule is CSc1ccc(CNC(=O)N(C)CC(C)O)cc1C. The zero-order chi connectivity index (χ0) is 14.4. The minimum atomic E-state index is -0.515. The third kappa shape index (κ3) is 5.12. The summed E-state index contributed by atoms with van der Waals surface area (Å²) in [6.45, 7) is 4.56. The molecule has 0 bridgehead atoms. The maximum Gasteiger partial charge on any atom is 0.317 e. The number of urea groups is 1. The second-order valence-corrected chi connectivity index (χ2v) is 5.54. The number of rotatable bonds is 5. The highest BCUT2D eigenvalue weighted by atomic mass is 32.2. The largest absolute Gasteiger partial charge is 0.392 e. The molecule has 2 amide bonds. The second-order valence-electron chi connectivity index (χ2n) is 4.69. The third-order valence-electron chi connectivity index (χ3n) is 2.79. The predicted molar refractivity (Wildman–Crippen MR) is 79.5 cm³/mol. The molecule has 1 rings (SSSR count). The van der Waals surface area contributed by atoms with Gasteiger partial charge in [-0.05, 0) is 37.3 Å². The number of nitrogens with one attached hydrogen (secondary N) is 1. The minimum Gasteiger partial charge on any atom is -0.392 e. The summed E-state index contributed by atoms with van der Waals surface area (Å²) in [5, 5.41) is 12.1. The molecule has 5 heteroatoms. The van der Waals surface area contributed by atoms with Gasteiger partial charge in [-0.1, -0.05) is 12.1 Å². The molecule has 0 aromatic heterocycles. The molecule has 0 spiro atoms. The van der Waals surface area contributed by atoms with Gasteiger partial charge in [-0.2, -0.15) is 0 Å². The normalized spacial score (nSPS) is 12.1. The van der Waals surface area contributed by atoms with E-state index in [0.717, 1.165) is 5.56 Å². The highest BCUT2D eigenvalue weighted by molar-refractivity contribution is 7.98. The van der Waals surface area contributed by atoms with Gasteiger partial charge in [0, 0.05) is 25.0 Å². The topological polar surface area (TPSA) is 52.6 Å². The number of aliphatic hydroxyl groups excluding tert-OH is 1. The monoisotopic (exact) mass is 282 g/mol. The molecule has 0 aliphatic rings. The van der Waals surface area contributed by atoms with Crippen LogP contribution in [0.25, 0.3) is 0 Å². The molecule has 4 nitrogen and oxygen atoms in total. The average Bonchev–Trinajstić information content (AvgIpc) is 2.35. The molecule has 1 atom stereocenters. The molecule has 0 heterocycles. The maximum atomic E-state index is 11.8. The summed E-state index contributed by atoms with van der Waals surface area (Å²) in [7, 11) is 1.67. The Morgan fingerprint density at radius 2 is 2.21 bits per heavy atom. The summed E-state index contributed by atoms with van der Waals surface area (Å²) < 4.78 is 0. The van der Waals surface area contributed by atoms with Crippen molar-refractivity contribution in [2.24, 2.45) is 0 Å². The van der Waals surface area contributed by atoms with Crippen molar-refractivity contribution in [2.75, 3.05) is 19.8 Å². The molecule has 0 aliphatic heterocycles. The van der Waals surface area contributed by atoms with Gasteiger partial charge >= 0.3 is 6.03 Å². The van der Waals surface area contributed by atoms with E-state index in [4.69, 9.17) is 0 Å². The maximum absolute atomic E-state index is 11.8. The number of aryl methyl sites for hydroxylation is 1. The smallest absolute Gasteiger partial charge is 0.317 e. The molecule has 0 saturated heterocycles. The van der Waals surface area contributed by atoms with Crippen LogP contribution in [0.2, 0.25) is 0 Å². The second kappa shape index (κ2) is 7.40. The van der Waals surface area contributed by atoms with Gasteiger partial charge in [0.2, 0.25) is 0 Å². The lowest BCUT2D eigenvalue weighted by molar-refractivity contribution is 0.143. The van der Waals surface area contributed by atoms with Crippen LogP contribution in [0, 0.1) is 6.92 Å². The minimum absolute atomic E-state index is 0.174. The molecule has 1 unspecified atom stereocenters. The number of aliphatic hydroxyl groups is 1. The first-order valence-electron chi connectivity index (χ1n) is 6.24. The molecule has 0 fully saturated rings. The van der Waals surface area contributed by atoms with Crippen LogP contribution in [-0.4, -0.2) is 42.0 Å². The molecule has 0 radical (unpaired) electrons. The van der Waals surface area contributed by atoms with Gasteiger partial charge in [0.25, 0.3) is 0 Å². The Morgan fingerprint density at radius 3 is 2.74 bits per heavy atom. The van der Waals surface area contributed by atoms with Crippen molar-refractivity contribution in [3.8, 4) is 0 Å². The highest BCUT2D eigenvalue weighted by Crippen LogP contribution is 2.20. The number of carbonyl (C=O) groups excluding carboxylic acids is 1. The highest BCUT2D eigenvalue weighted by Gasteiger charge is 2.10. The molecule has 0 saturated carbocycles. The summed E-state index contributed by atoms with van der Waals surface area (Å²) in [5.41, 5.74) is 2.30. The van der Waals surface area contributed by atoms with E-state index in [1.54, 1.807) is 25.7 Å². The molecule has 1 aromatic rings. The Morgan fingerprint density at radius 1 is 1.53 bits per heavy atom. The molecule has 19 heavy (non-hydrogen) atoms. The van der Waals surface area contributed by atoms with Crippen LogP contribution < -0.4 is 5.32 Å². The zero-order valence-electron chi connectivity index (χ0n) is 11.9. The molecular formula is C14H22N2O2S. The molecular weight excluding hydrogens is 260 g/mol. The first-order valence-corrected chi connectivity index (χ1v) is 7.47. The quantitative estimate of drug-likeness (QED) is 0.814. The Bertz CT molecular complexity index is 435. The van der Waals surface area contributed by atoms with Crippen molar-refractivity contribution in [1.82, 2.24) is 10.2 Å². The van der Waals surface area contributed by atoms with Gasteiger partial charge in [0.1, 0.15) is 0 Å². The van der Waals surface area contributed by atoms with Gasteiger partial charge < -0.3 is 15.3 Å². The van der Waals surface area contributed by atoms with Gasteiger partial charge in [0.05, 0.1) is 6.10 Å². The number of thioether (sulfide) groups is 1. The summed E-state index contributed by atoms with van der Waals surface area (Å²) in [6.07, 6.45) is 1.54. The number of hydrogen-bond acceptors (Lipinski definition) is 3. The van der Waals surface area contributed by atoms with Gasteiger partial charge in [0.15, 0.2) is 0 Å². The lowest BCUT2D eigenvalue weighted by atomic mass is 10.1. The van der Waals surface area contributed by atoms with Gasteiger partial charge in [-0.3, -0.25) is 0 Å². The number of likely N-dealkylation sites (N-methyl/N-ethyl adjacent to an activating group) is 1. The first-order chi connectivity index (χ1) is 8.93. The standard InChI is InChI=1S/C14H22N2O2S/c1-10-7-12(5-6-13(10)19-4)8-15-14(18)16(3)9-11(2)17/h5-7,11,17H,8-9H2,1-4H3,(H,15,18). The van der Waals surface area contributed by atoms with Crippen LogP contribution in [0.4, 0.5) is 4.79 Å². The number of benzene rings is 1. The van der Waals surface area contributed by atoms with Crippen molar-refractivity contribution in [2.45, 2.75) is 31.4 Å². The summed E-state index contributed by atoms with van der Waals surface area (Å²) in [5.74, 6) is 0. The van der Waals surface area contributed by atoms with E-state index in [0.29, 0.717) is 13.1 Å². The van der Waals surface area contributed by atoms with E-state index >= 15 is 0 Å². The van der Waals surface area contributed by atoms with E-state index in [9.17, 15) is 9.90 Å². The number of carbonyl (C=O) groups is 1. The fraction of sp³-hybridized carbons (Fsp3) is 0.500. The lowest BCUT2D eigenvalue weighted by Gasteiger charge is -2.19. The zero-order valence-corrected chi connectivity index (χ0v) is 12.8. The van der Waals surface area contributed by atoms with Gasteiger partial charge in [-0.15, -0.1) is 11.8 Å². The lowest BCUT2D eigenvalue weighted by Crippen LogP contribution is -2.40. The number of hydrogen-bond donors (Lipinski definition) is 2. The van der Waals surface area contributed by atoms with E-state index < -0.39 is 6.10 Å². The Kier molecular flexibility index (Phi) is 6.18. The van der Waals surface area contributed by atoms with E-state index in [-0.39, 0.29) is 6.03 Å². The van der Waals surface area contributed by atoms with Crippen molar-refractivity contribution in [3.63, 3.8) is 0 Å².